The van der Waals surface area contributed by atoms with Gasteiger partial charge in [0.15, 0.2) is 14.6 Å². The Kier molecular flexibility index (Phi) is 4.64. The van der Waals surface area contributed by atoms with Crippen LogP contribution in [0.2, 0.25) is 5.02 Å². The molecule has 0 bridgehead atoms. The normalized spacial score (nSPS) is 15.8. The summed E-state index contributed by atoms with van der Waals surface area (Å²) in [5.41, 5.74) is 1.76. The highest BCUT2D eigenvalue weighted by molar-refractivity contribution is 7.94. The van der Waals surface area contributed by atoms with Crippen molar-refractivity contribution in [3.8, 4) is 0 Å². The molecule has 25 heavy (non-hydrogen) atoms. The second kappa shape index (κ2) is 6.46. The molecule has 2 aromatic carbocycles. The van der Waals surface area contributed by atoms with Gasteiger partial charge in [-0.05, 0) is 60.7 Å². The molecule has 0 spiro atoms. The van der Waals surface area contributed by atoms with E-state index in [1.54, 1.807) is 12.1 Å². The Hall–Kier alpha value is -1.85. The molecular formula is C19H20ClNO3S. The number of nitrogens with one attached hydrogen (secondary N) is 1. The lowest BCUT2D eigenvalue weighted by molar-refractivity contribution is -0.116. The highest BCUT2D eigenvalue weighted by Gasteiger charge is 2.61. The molecule has 1 aliphatic rings. The van der Waals surface area contributed by atoms with Crippen LogP contribution in [0.3, 0.4) is 0 Å². The number of halogens is 1. The van der Waals surface area contributed by atoms with Crippen molar-refractivity contribution in [3.05, 3.63) is 59.1 Å². The maximum atomic E-state index is 12.9. The van der Waals surface area contributed by atoms with Gasteiger partial charge < -0.3 is 5.32 Å². The van der Waals surface area contributed by atoms with Crippen molar-refractivity contribution in [2.24, 2.45) is 0 Å². The molecule has 6 heteroatoms. The lowest BCUT2D eigenvalue weighted by atomic mass is 10.0. The molecular weight excluding hydrogens is 358 g/mol. The summed E-state index contributed by atoms with van der Waals surface area (Å²) in [4.78, 5) is 12.8. The van der Waals surface area contributed by atoms with Crippen LogP contribution in [0.25, 0.3) is 0 Å². The predicted octanol–water partition coefficient (Wildman–Crippen LogP) is 4.41. The summed E-state index contributed by atoms with van der Waals surface area (Å²) in [6.45, 7) is 4.18. The number of anilines is 1. The number of hydrogen-bond donors (Lipinski definition) is 1. The Morgan fingerprint density at radius 2 is 1.60 bits per heavy atom. The van der Waals surface area contributed by atoms with Crippen LogP contribution in [-0.2, 0) is 14.6 Å². The molecule has 0 aliphatic heterocycles. The van der Waals surface area contributed by atoms with E-state index >= 15 is 0 Å². The first-order valence-electron chi connectivity index (χ1n) is 8.18. The molecule has 0 heterocycles. The summed E-state index contributed by atoms with van der Waals surface area (Å²) < 4.78 is 24.4. The second-order valence-electron chi connectivity index (χ2n) is 6.68. The molecule has 2 aromatic rings. The summed E-state index contributed by atoms with van der Waals surface area (Å²) in [7, 11) is -3.76. The van der Waals surface area contributed by atoms with Crippen LogP contribution in [0.4, 0.5) is 5.69 Å². The number of carbonyl (C=O) groups excluding carboxylic acids is 1. The first-order chi connectivity index (χ1) is 11.8. The molecule has 3 rings (SSSR count). The first kappa shape index (κ1) is 18.0. The number of hydrogen-bond acceptors (Lipinski definition) is 3. The van der Waals surface area contributed by atoms with Crippen LogP contribution in [0.5, 0.6) is 0 Å². The Labute approximate surface area is 153 Å². The number of sulfone groups is 1. The van der Waals surface area contributed by atoms with Crippen LogP contribution in [-0.4, -0.2) is 19.1 Å². The minimum atomic E-state index is -3.76. The zero-order chi connectivity index (χ0) is 18.2. The topological polar surface area (TPSA) is 63.2 Å². The fourth-order valence-corrected chi connectivity index (χ4v) is 4.77. The van der Waals surface area contributed by atoms with Gasteiger partial charge >= 0.3 is 0 Å². The van der Waals surface area contributed by atoms with Gasteiger partial charge in [-0.25, -0.2) is 8.42 Å². The molecule has 1 fully saturated rings. The summed E-state index contributed by atoms with van der Waals surface area (Å²) in [5, 5.41) is 3.21. The monoisotopic (exact) mass is 377 g/mol. The molecule has 0 atom stereocenters. The van der Waals surface area contributed by atoms with Gasteiger partial charge in [0.1, 0.15) is 0 Å². The number of carbonyl (C=O) groups is 1. The Bertz CT molecular complexity index is 883. The van der Waals surface area contributed by atoms with Crippen molar-refractivity contribution < 1.29 is 13.2 Å². The van der Waals surface area contributed by atoms with Gasteiger partial charge in [-0.2, -0.15) is 0 Å². The SMILES string of the molecule is CC(C)c1ccc(NC(=O)C2(S(=O)(=O)c3ccc(Cl)cc3)CC2)cc1. The molecule has 1 amide bonds. The van der Waals surface area contributed by atoms with Crippen LogP contribution in [0, 0.1) is 0 Å². The molecule has 1 saturated carbocycles. The van der Waals surface area contributed by atoms with E-state index in [-0.39, 0.29) is 4.90 Å². The van der Waals surface area contributed by atoms with Crippen molar-refractivity contribution >= 4 is 33.0 Å². The molecule has 4 nitrogen and oxygen atoms in total. The summed E-state index contributed by atoms with van der Waals surface area (Å²) in [6, 6.07) is 13.4. The van der Waals surface area contributed by atoms with Gasteiger partial charge in [0.05, 0.1) is 4.90 Å². The zero-order valence-corrected chi connectivity index (χ0v) is 15.7. The van der Waals surface area contributed by atoms with Crippen molar-refractivity contribution in [3.63, 3.8) is 0 Å². The average molecular weight is 378 g/mol. The first-order valence-corrected chi connectivity index (χ1v) is 10.0. The maximum Gasteiger partial charge on any atom is 0.246 e. The maximum absolute atomic E-state index is 12.9. The highest BCUT2D eigenvalue weighted by atomic mass is 35.5. The number of rotatable bonds is 5. The van der Waals surface area contributed by atoms with Gasteiger partial charge in [-0.15, -0.1) is 0 Å². The Balaban J connectivity index is 1.82. The van der Waals surface area contributed by atoms with Crippen LogP contribution < -0.4 is 5.32 Å². The molecule has 1 N–H and O–H groups in total. The van der Waals surface area contributed by atoms with E-state index in [1.165, 1.54) is 24.3 Å². The minimum absolute atomic E-state index is 0.125. The van der Waals surface area contributed by atoms with Crippen molar-refractivity contribution in [1.29, 1.82) is 0 Å². The van der Waals surface area contributed by atoms with Gasteiger partial charge in [0, 0.05) is 10.7 Å². The molecule has 0 unspecified atom stereocenters. The standard InChI is InChI=1S/C19H20ClNO3S/c1-13(2)14-3-7-16(8-4-14)21-18(22)19(11-12-19)25(23,24)17-9-5-15(20)6-10-17/h3-10,13H,11-12H2,1-2H3,(H,21,22). The zero-order valence-electron chi connectivity index (χ0n) is 14.1. The number of amides is 1. The van der Waals surface area contributed by atoms with E-state index < -0.39 is 20.5 Å². The molecule has 0 radical (unpaired) electrons. The lowest BCUT2D eigenvalue weighted by Gasteiger charge is -2.17. The quantitative estimate of drug-likeness (QED) is 0.839. The van der Waals surface area contributed by atoms with E-state index in [0.29, 0.717) is 29.5 Å². The van der Waals surface area contributed by atoms with E-state index in [2.05, 4.69) is 19.2 Å². The number of benzene rings is 2. The summed E-state index contributed by atoms with van der Waals surface area (Å²) in [5.74, 6) is -0.0791. The molecule has 1 aliphatic carbocycles. The molecule has 0 saturated heterocycles. The fraction of sp³-hybridized carbons (Fsp3) is 0.316. The largest absolute Gasteiger partial charge is 0.325 e. The van der Waals surface area contributed by atoms with Crippen molar-refractivity contribution in [1.82, 2.24) is 0 Å². The van der Waals surface area contributed by atoms with Crippen molar-refractivity contribution in [2.45, 2.75) is 42.2 Å². The van der Waals surface area contributed by atoms with E-state index in [0.717, 1.165) is 5.56 Å². The highest BCUT2D eigenvalue weighted by Crippen LogP contribution is 2.47. The van der Waals surface area contributed by atoms with Gasteiger partial charge in [0.2, 0.25) is 5.91 Å². The van der Waals surface area contributed by atoms with Crippen molar-refractivity contribution in [2.75, 3.05) is 5.32 Å². The van der Waals surface area contributed by atoms with Gasteiger partial charge in [0.25, 0.3) is 0 Å². The van der Waals surface area contributed by atoms with E-state index in [1.807, 2.05) is 12.1 Å². The predicted molar refractivity (Wildman–Crippen MR) is 99.8 cm³/mol. The van der Waals surface area contributed by atoms with Crippen LogP contribution >= 0.6 is 11.6 Å². The smallest absolute Gasteiger partial charge is 0.246 e. The Morgan fingerprint density at radius 3 is 2.08 bits per heavy atom. The third-order valence-electron chi connectivity index (χ3n) is 4.59. The Morgan fingerprint density at radius 1 is 1.04 bits per heavy atom. The van der Waals surface area contributed by atoms with Crippen LogP contribution in [0.1, 0.15) is 38.2 Å². The van der Waals surface area contributed by atoms with E-state index in [9.17, 15) is 13.2 Å². The fourth-order valence-electron chi connectivity index (χ4n) is 2.77. The molecule has 0 aromatic heterocycles. The third kappa shape index (κ3) is 3.31. The average Bonchev–Trinajstić information content (AvgIpc) is 3.38. The van der Waals surface area contributed by atoms with Crippen LogP contribution in [0.15, 0.2) is 53.4 Å². The summed E-state index contributed by atoms with van der Waals surface area (Å²) >= 11 is 5.82. The third-order valence-corrected chi connectivity index (χ3v) is 7.36. The van der Waals surface area contributed by atoms with Gasteiger partial charge in [-0.3, -0.25) is 4.79 Å². The van der Waals surface area contributed by atoms with E-state index in [4.69, 9.17) is 11.6 Å². The minimum Gasteiger partial charge on any atom is -0.325 e. The summed E-state index contributed by atoms with van der Waals surface area (Å²) in [6.07, 6.45) is 0.655. The molecule has 132 valence electrons. The van der Waals surface area contributed by atoms with Gasteiger partial charge in [-0.1, -0.05) is 37.6 Å². The second-order valence-corrected chi connectivity index (χ2v) is 9.38. The lowest BCUT2D eigenvalue weighted by Crippen LogP contribution is -2.37.